The molecule has 3 unspecified atom stereocenters. The first-order chi connectivity index (χ1) is 13.9. The first-order valence-corrected chi connectivity index (χ1v) is 10.5. The Bertz CT molecular complexity index is 875. The van der Waals surface area contributed by atoms with Gasteiger partial charge < -0.3 is 10.1 Å². The van der Waals surface area contributed by atoms with Gasteiger partial charge in [-0.3, -0.25) is 4.79 Å². The summed E-state index contributed by atoms with van der Waals surface area (Å²) >= 11 is 0. The lowest BCUT2D eigenvalue weighted by molar-refractivity contribution is -0.128. The van der Waals surface area contributed by atoms with Crippen molar-refractivity contribution in [2.24, 2.45) is 11.3 Å². The molecule has 0 spiro atoms. The van der Waals surface area contributed by atoms with E-state index in [0.29, 0.717) is 0 Å². The Morgan fingerprint density at radius 1 is 1.28 bits per heavy atom. The van der Waals surface area contributed by atoms with Gasteiger partial charge in [-0.15, -0.1) is 0 Å². The van der Waals surface area contributed by atoms with Crippen molar-refractivity contribution in [1.82, 2.24) is 15.1 Å². The molecule has 3 atom stereocenters. The number of nitrogens with zero attached hydrogens (tertiary/aromatic N) is 2. The number of halogens is 1. The van der Waals surface area contributed by atoms with Crippen molar-refractivity contribution in [2.75, 3.05) is 7.11 Å². The van der Waals surface area contributed by atoms with Crippen LogP contribution in [0.5, 0.6) is 0 Å². The molecule has 0 saturated heterocycles. The van der Waals surface area contributed by atoms with E-state index in [4.69, 9.17) is 4.74 Å². The summed E-state index contributed by atoms with van der Waals surface area (Å²) in [6, 6.07) is 6.33. The van der Waals surface area contributed by atoms with Crippen molar-refractivity contribution in [2.45, 2.75) is 64.5 Å². The van der Waals surface area contributed by atoms with Gasteiger partial charge in [-0.05, 0) is 61.8 Å². The molecular weight excluding hydrogens is 369 g/mol. The molecule has 1 N–H and O–H groups in total. The van der Waals surface area contributed by atoms with Crippen LogP contribution in [0.4, 0.5) is 4.39 Å². The number of amides is 1. The number of hydrogen-bond donors (Lipinski definition) is 1. The summed E-state index contributed by atoms with van der Waals surface area (Å²) in [5.74, 6) is -0.133. The van der Waals surface area contributed by atoms with Gasteiger partial charge in [0.2, 0.25) is 5.91 Å². The maximum atomic E-state index is 13.3. The molecule has 1 aromatic heterocycles. The van der Waals surface area contributed by atoms with Crippen LogP contribution in [0.15, 0.2) is 30.5 Å². The fraction of sp³-hybridized carbons (Fsp3) is 0.565. The Labute approximate surface area is 171 Å². The highest BCUT2D eigenvalue weighted by molar-refractivity contribution is 5.79. The zero-order chi connectivity index (χ0) is 20.6. The minimum Gasteiger partial charge on any atom is -0.381 e. The summed E-state index contributed by atoms with van der Waals surface area (Å²) < 4.78 is 20.7. The van der Waals surface area contributed by atoms with E-state index in [1.54, 1.807) is 19.2 Å². The smallest absolute Gasteiger partial charge is 0.223 e. The van der Waals surface area contributed by atoms with Crippen LogP contribution < -0.4 is 5.32 Å². The molecule has 4 rings (SSSR count). The quantitative estimate of drug-likeness (QED) is 0.832. The number of nitrogens with one attached hydrogen (secondary N) is 1. The predicted molar refractivity (Wildman–Crippen MR) is 109 cm³/mol. The number of aromatic nitrogens is 2. The molecule has 6 heteroatoms. The third-order valence-corrected chi connectivity index (χ3v) is 6.40. The summed E-state index contributed by atoms with van der Waals surface area (Å²) in [4.78, 5) is 13.0. The summed E-state index contributed by atoms with van der Waals surface area (Å²) in [5.41, 5.74) is 3.04. The number of benzene rings is 1. The van der Waals surface area contributed by atoms with Crippen molar-refractivity contribution in [3.05, 3.63) is 47.5 Å². The lowest BCUT2D eigenvalue weighted by atomic mass is 9.74. The van der Waals surface area contributed by atoms with Gasteiger partial charge in [-0.1, -0.05) is 20.3 Å². The van der Waals surface area contributed by atoms with Gasteiger partial charge in [0.15, 0.2) is 0 Å². The van der Waals surface area contributed by atoms with Gasteiger partial charge in [-0.2, -0.15) is 5.10 Å². The normalized spacial score (nSPS) is 26.0. The average Bonchev–Trinajstić information content (AvgIpc) is 3.11. The van der Waals surface area contributed by atoms with Gasteiger partial charge in [0.1, 0.15) is 5.82 Å². The monoisotopic (exact) mass is 399 g/mol. The molecule has 1 saturated carbocycles. The average molecular weight is 400 g/mol. The topological polar surface area (TPSA) is 56.1 Å². The summed E-state index contributed by atoms with van der Waals surface area (Å²) in [5, 5.41) is 7.89. The van der Waals surface area contributed by atoms with Crippen LogP contribution in [0.1, 0.15) is 63.3 Å². The van der Waals surface area contributed by atoms with Crippen molar-refractivity contribution in [1.29, 1.82) is 0 Å². The van der Waals surface area contributed by atoms with Crippen LogP contribution in [-0.2, 0) is 16.0 Å². The second-order valence-electron chi connectivity index (χ2n) is 9.26. The molecule has 2 aromatic rings. The molecule has 2 aliphatic carbocycles. The maximum absolute atomic E-state index is 13.3. The Balaban J connectivity index is 1.58. The fourth-order valence-electron chi connectivity index (χ4n) is 4.86. The van der Waals surface area contributed by atoms with Crippen molar-refractivity contribution < 1.29 is 13.9 Å². The predicted octanol–water partition coefficient (Wildman–Crippen LogP) is 4.35. The third kappa shape index (κ3) is 4.22. The number of carbonyl (C=O) groups excluding carboxylic acids is 1. The maximum Gasteiger partial charge on any atom is 0.223 e. The minimum atomic E-state index is -0.262. The van der Waals surface area contributed by atoms with Gasteiger partial charge in [-0.25, -0.2) is 9.07 Å². The first kappa shape index (κ1) is 20.1. The molecule has 0 bridgehead atoms. The van der Waals surface area contributed by atoms with E-state index in [1.165, 1.54) is 12.1 Å². The van der Waals surface area contributed by atoms with Crippen molar-refractivity contribution in [3.63, 3.8) is 0 Å². The van der Waals surface area contributed by atoms with Gasteiger partial charge in [0, 0.05) is 18.6 Å². The van der Waals surface area contributed by atoms with E-state index in [-0.39, 0.29) is 35.2 Å². The molecule has 5 nitrogen and oxygen atoms in total. The number of carbonyl (C=O) groups is 1. The number of fused-ring (bicyclic) bond motifs is 1. The Hall–Kier alpha value is -2.21. The zero-order valence-electron chi connectivity index (χ0n) is 17.5. The molecule has 1 heterocycles. The van der Waals surface area contributed by atoms with E-state index in [1.807, 2.05) is 10.9 Å². The van der Waals surface area contributed by atoms with Crippen molar-refractivity contribution >= 4 is 5.91 Å². The van der Waals surface area contributed by atoms with Crippen LogP contribution in [0.25, 0.3) is 5.69 Å². The molecule has 1 amide bonds. The number of hydrogen-bond acceptors (Lipinski definition) is 3. The van der Waals surface area contributed by atoms with E-state index in [2.05, 4.69) is 24.3 Å². The van der Waals surface area contributed by atoms with Crippen LogP contribution in [0.2, 0.25) is 0 Å². The van der Waals surface area contributed by atoms with E-state index in [9.17, 15) is 9.18 Å². The van der Waals surface area contributed by atoms with Crippen LogP contribution in [0, 0.1) is 17.2 Å². The Morgan fingerprint density at radius 2 is 2.03 bits per heavy atom. The molecule has 29 heavy (non-hydrogen) atoms. The van der Waals surface area contributed by atoms with Gasteiger partial charge in [0.05, 0.1) is 29.7 Å². The van der Waals surface area contributed by atoms with E-state index >= 15 is 0 Å². The summed E-state index contributed by atoms with van der Waals surface area (Å²) in [6.45, 7) is 4.44. The highest BCUT2D eigenvalue weighted by Gasteiger charge is 2.37. The molecular formula is C23H30FN3O2. The molecule has 2 aliphatic rings. The highest BCUT2D eigenvalue weighted by Crippen LogP contribution is 2.41. The molecule has 1 aromatic carbocycles. The standard InChI is InChI=1S/C23H30FN3O2/c1-23(2)12-20(26-22(28)15-5-4-6-18(11-15)29-3)19-14-25-27(21(19)13-23)17-9-7-16(24)8-10-17/h7-10,14-15,18,20H,4-6,11-13H2,1-3H3,(H,26,28). The summed E-state index contributed by atoms with van der Waals surface area (Å²) in [7, 11) is 1.73. The number of methoxy groups -OCH3 is 1. The number of ether oxygens (including phenoxy) is 1. The molecule has 156 valence electrons. The Morgan fingerprint density at radius 3 is 2.76 bits per heavy atom. The second-order valence-corrected chi connectivity index (χ2v) is 9.26. The first-order valence-electron chi connectivity index (χ1n) is 10.5. The molecule has 0 radical (unpaired) electrons. The largest absolute Gasteiger partial charge is 0.381 e. The van der Waals surface area contributed by atoms with E-state index in [0.717, 1.165) is 55.5 Å². The van der Waals surface area contributed by atoms with Crippen LogP contribution in [-0.4, -0.2) is 28.9 Å². The van der Waals surface area contributed by atoms with Crippen LogP contribution >= 0.6 is 0 Å². The van der Waals surface area contributed by atoms with Crippen LogP contribution in [0.3, 0.4) is 0 Å². The lowest BCUT2D eigenvalue weighted by Crippen LogP contribution is -2.41. The second kappa shape index (κ2) is 7.90. The third-order valence-electron chi connectivity index (χ3n) is 6.40. The van der Waals surface area contributed by atoms with E-state index < -0.39 is 0 Å². The number of rotatable bonds is 4. The zero-order valence-corrected chi connectivity index (χ0v) is 17.5. The minimum absolute atomic E-state index is 0.00864. The molecule has 0 aliphatic heterocycles. The van der Waals surface area contributed by atoms with Gasteiger partial charge in [0.25, 0.3) is 0 Å². The lowest BCUT2D eigenvalue weighted by Gasteiger charge is -2.37. The van der Waals surface area contributed by atoms with Crippen molar-refractivity contribution in [3.8, 4) is 5.69 Å². The summed E-state index contributed by atoms with van der Waals surface area (Å²) in [6.07, 6.45) is 7.55. The molecule has 1 fully saturated rings. The SMILES string of the molecule is COC1CCCC(C(=O)NC2CC(C)(C)Cc3c2cnn3-c2ccc(F)cc2)C1. The highest BCUT2D eigenvalue weighted by atomic mass is 19.1. The van der Waals surface area contributed by atoms with Gasteiger partial charge >= 0.3 is 0 Å². The fourth-order valence-corrected chi connectivity index (χ4v) is 4.86. The Kier molecular flexibility index (Phi) is 5.47.